The number of hydrogen-bond donors (Lipinski definition) is 0. The van der Waals surface area contributed by atoms with Crippen LogP contribution in [0.2, 0.25) is 5.02 Å². The van der Waals surface area contributed by atoms with E-state index in [-0.39, 0.29) is 5.92 Å². The van der Waals surface area contributed by atoms with Crippen molar-refractivity contribution >= 4 is 17.5 Å². The third-order valence-electron chi connectivity index (χ3n) is 5.13. The Kier molecular flexibility index (Phi) is 3.87. The summed E-state index contributed by atoms with van der Waals surface area (Å²) in [5.41, 5.74) is 1.21. The smallest absolute Gasteiger partial charge is 0.226 e. The first-order chi connectivity index (χ1) is 10.7. The zero-order chi connectivity index (χ0) is 15.1. The molecule has 0 aromatic heterocycles. The highest BCUT2D eigenvalue weighted by atomic mass is 35.5. The van der Waals surface area contributed by atoms with Gasteiger partial charge in [0.25, 0.3) is 0 Å². The number of benzene rings is 1. The van der Waals surface area contributed by atoms with Gasteiger partial charge < -0.3 is 9.64 Å². The molecular formula is C18H22ClNO2. The van der Waals surface area contributed by atoms with E-state index in [1.54, 1.807) is 0 Å². The predicted octanol–water partition coefficient (Wildman–Crippen LogP) is 3.47. The van der Waals surface area contributed by atoms with Crippen molar-refractivity contribution in [2.45, 2.75) is 37.6 Å². The van der Waals surface area contributed by atoms with E-state index in [1.165, 1.54) is 18.4 Å². The van der Waals surface area contributed by atoms with Crippen LogP contribution >= 0.6 is 11.6 Å². The molecule has 0 spiro atoms. The van der Waals surface area contributed by atoms with Crippen molar-refractivity contribution in [1.29, 1.82) is 0 Å². The van der Waals surface area contributed by atoms with Gasteiger partial charge in [0.1, 0.15) is 0 Å². The number of rotatable bonds is 5. The summed E-state index contributed by atoms with van der Waals surface area (Å²) in [5, 5.41) is 0.762. The van der Waals surface area contributed by atoms with E-state index in [9.17, 15) is 4.79 Å². The lowest BCUT2D eigenvalue weighted by Crippen LogP contribution is -2.38. The van der Waals surface area contributed by atoms with E-state index in [0.717, 1.165) is 37.6 Å². The first-order valence-corrected chi connectivity index (χ1v) is 8.74. The van der Waals surface area contributed by atoms with Gasteiger partial charge in [-0.25, -0.2) is 0 Å². The summed E-state index contributed by atoms with van der Waals surface area (Å²) < 4.78 is 5.46. The Labute approximate surface area is 136 Å². The van der Waals surface area contributed by atoms with Gasteiger partial charge in [-0.05, 0) is 49.3 Å². The summed E-state index contributed by atoms with van der Waals surface area (Å²) in [6.45, 7) is 2.56. The summed E-state index contributed by atoms with van der Waals surface area (Å²) in [6.07, 6.45) is 4.42. The zero-order valence-corrected chi connectivity index (χ0v) is 13.5. The summed E-state index contributed by atoms with van der Waals surface area (Å²) in [5.74, 6) is 1.43. The van der Waals surface area contributed by atoms with Crippen molar-refractivity contribution in [3.63, 3.8) is 0 Å². The Bertz CT molecular complexity index is 566. The van der Waals surface area contributed by atoms with Gasteiger partial charge in [0.15, 0.2) is 0 Å². The molecule has 1 aromatic rings. The standard InChI is InChI=1S/C18H22ClNO2/c19-14-3-1-2-13(8-14)16-9-17(16)18(21)20(15-4-5-15)10-12-6-7-22-11-12/h1-3,8,12,15-17H,4-7,9-11H2. The van der Waals surface area contributed by atoms with Crippen molar-refractivity contribution in [2.75, 3.05) is 19.8 Å². The van der Waals surface area contributed by atoms with Crippen LogP contribution in [0.25, 0.3) is 0 Å². The predicted molar refractivity (Wildman–Crippen MR) is 86.0 cm³/mol. The topological polar surface area (TPSA) is 29.5 Å². The maximum atomic E-state index is 12.9. The SMILES string of the molecule is O=C(C1CC1c1cccc(Cl)c1)N(CC1CCOC1)C1CC1. The number of nitrogens with zero attached hydrogens (tertiary/aromatic N) is 1. The van der Waals surface area contributed by atoms with Crippen LogP contribution in [-0.2, 0) is 9.53 Å². The maximum Gasteiger partial charge on any atom is 0.226 e. The average Bonchev–Trinajstić information content (AvgIpc) is 3.43. The van der Waals surface area contributed by atoms with Gasteiger partial charge in [0.05, 0.1) is 6.61 Å². The highest BCUT2D eigenvalue weighted by molar-refractivity contribution is 6.30. The molecule has 3 nitrogen and oxygen atoms in total. The van der Waals surface area contributed by atoms with Crippen molar-refractivity contribution in [1.82, 2.24) is 4.90 Å². The first-order valence-electron chi connectivity index (χ1n) is 8.36. The lowest BCUT2D eigenvalue weighted by atomic mass is 10.1. The van der Waals surface area contributed by atoms with Crippen molar-refractivity contribution < 1.29 is 9.53 Å². The van der Waals surface area contributed by atoms with E-state index in [1.807, 2.05) is 18.2 Å². The molecule has 3 unspecified atom stereocenters. The normalized spacial score (nSPS) is 30.3. The van der Waals surface area contributed by atoms with Crippen molar-refractivity contribution in [2.24, 2.45) is 11.8 Å². The van der Waals surface area contributed by atoms with Crippen LogP contribution < -0.4 is 0 Å². The van der Waals surface area contributed by atoms with Crippen LogP contribution in [0.15, 0.2) is 24.3 Å². The molecule has 1 saturated heterocycles. The minimum Gasteiger partial charge on any atom is -0.381 e. The van der Waals surface area contributed by atoms with Crippen LogP contribution in [0.3, 0.4) is 0 Å². The van der Waals surface area contributed by atoms with E-state index >= 15 is 0 Å². The molecule has 3 aliphatic rings. The van der Waals surface area contributed by atoms with E-state index < -0.39 is 0 Å². The molecular weight excluding hydrogens is 298 g/mol. The lowest BCUT2D eigenvalue weighted by Gasteiger charge is -2.25. The summed E-state index contributed by atoms with van der Waals surface area (Å²) >= 11 is 6.07. The molecule has 2 aliphatic carbocycles. The average molecular weight is 320 g/mol. The molecule has 3 atom stereocenters. The molecule has 0 bridgehead atoms. The quantitative estimate of drug-likeness (QED) is 0.831. The molecule has 3 fully saturated rings. The van der Waals surface area contributed by atoms with Crippen LogP contribution in [0.4, 0.5) is 0 Å². The largest absolute Gasteiger partial charge is 0.381 e. The molecule has 1 aromatic carbocycles. The van der Waals surface area contributed by atoms with Crippen LogP contribution in [0.5, 0.6) is 0 Å². The number of halogens is 1. The Balaban J connectivity index is 1.42. The lowest BCUT2D eigenvalue weighted by molar-refractivity contribution is -0.134. The van der Waals surface area contributed by atoms with Crippen LogP contribution in [0, 0.1) is 11.8 Å². The molecule has 0 radical (unpaired) electrons. The molecule has 2 saturated carbocycles. The van der Waals surface area contributed by atoms with E-state index in [2.05, 4.69) is 11.0 Å². The number of hydrogen-bond acceptors (Lipinski definition) is 2. The fourth-order valence-electron chi connectivity index (χ4n) is 3.60. The fourth-order valence-corrected chi connectivity index (χ4v) is 3.80. The molecule has 22 heavy (non-hydrogen) atoms. The third-order valence-corrected chi connectivity index (χ3v) is 5.37. The van der Waals surface area contributed by atoms with Crippen molar-refractivity contribution in [3.8, 4) is 0 Å². The number of carbonyl (C=O) groups is 1. The molecule has 1 heterocycles. The molecule has 1 amide bonds. The third kappa shape index (κ3) is 3.02. The number of ether oxygens (including phenoxy) is 1. The number of amides is 1. The Morgan fingerprint density at radius 2 is 2.18 bits per heavy atom. The zero-order valence-electron chi connectivity index (χ0n) is 12.7. The van der Waals surface area contributed by atoms with Crippen molar-refractivity contribution in [3.05, 3.63) is 34.9 Å². The molecule has 118 valence electrons. The van der Waals surface area contributed by atoms with Gasteiger partial charge >= 0.3 is 0 Å². The molecule has 1 aliphatic heterocycles. The van der Waals surface area contributed by atoms with Gasteiger partial charge in [-0.1, -0.05) is 23.7 Å². The molecule has 0 N–H and O–H groups in total. The van der Waals surface area contributed by atoms with Gasteiger partial charge in [-0.15, -0.1) is 0 Å². The second-order valence-corrected chi connectivity index (χ2v) is 7.39. The van der Waals surface area contributed by atoms with E-state index in [4.69, 9.17) is 16.3 Å². The Morgan fingerprint density at radius 1 is 1.32 bits per heavy atom. The van der Waals surface area contributed by atoms with Gasteiger partial charge in [-0.2, -0.15) is 0 Å². The van der Waals surface area contributed by atoms with Gasteiger partial charge in [0, 0.05) is 36.1 Å². The summed E-state index contributed by atoms with van der Waals surface area (Å²) in [6, 6.07) is 8.46. The summed E-state index contributed by atoms with van der Waals surface area (Å²) in [4.78, 5) is 15.1. The highest BCUT2D eigenvalue weighted by Gasteiger charge is 2.48. The second kappa shape index (κ2) is 5.86. The minimum absolute atomic E-state index is 0.168. The maximum absolute atomic E-state index is 12.9. The van der Waals surface area contributed by atoms with E-state index in [0.29, 0.717) is 23.8 Å². The van der Waals surface area contributed by atoms with Gasteiger partial charge in [-0.3, -0.25) is 4.79 Å². The highest BCUT2D eigenvalue weighted by Crippen LogP contribution is 2.50. The van der Waals surface area contributed by atoms with Crippen LogP contribution in [0.1, 0.15) is 37.2 Å². The first kappa shape index (κ1) is 14.5. The Morgan fingerprint density at radius 3 is 2.86 bits per heavy atom. The second-order valence-electron chi connectivity index (χ2n) is 6.96. The monoisotopic (exact) mass is 319 g/mol. The fraction of sp³-hybridized carbons (Fsp3) is 0.611. The molecule has 4 heteroatoms. The van der Waals surface area contributed by atoms with Gasteiger partial charge in [0.2, 0.25) is 5.91 Å². The summed E-state index contributed by atoms with van der Waals surface area (Å²) in [7, 11) is 0. The minimum atomic E-state index is 0.168. The van der Waals surface area contributed by atoms with Crippen LogP contribution in [-0.4, -0.2) is 36.6 Å². The number of carbonyl (C=O) groups excluding carboxylic acids is 1. The molecule has 4 rings (SSSR count). The Hall–Kier alpha value is -1.06.